The summed E-state index contributed by atoms with van der Waals surface area (Å²) in [6.45, 7) is 3.66. The molecule has 0 spiro atoms. The fraction of sp³-hybridized carbons (Fsp3) is 0.423. The number of rotatable bonds is 8. The maximum absolute atomic E-state index is 14.3. The number of hydrogen-bond donors (Lipinski definition) is 2. The van der Waals surface area contributed by atoms with E-state index in [-0.39, 0.29) is 23.4 Å². The second-order valence-electron chi connectivity index (χ2n) is 9.45. The normalized spacial score (nSPS) is 15.6. The van der Waals surface area contributed by atoms with Crippen LogP contribution in [0.25, 0.3) is 10.9 Å². The van der Waals surface area contributed by atoms with Crippen molar-refractivity contribution in [1.82, 2.24) is 9.55 Å². The van der Waals surface area contributed by atoms with Crippen molar-refractivity contribution in [3.8, 4) is 5.75 Å². The molecule has 37 heavy (non-hydrogen) atoms. The van der Waals surface area contributed by atoms with Crippen LogP contribution in [0, 0.1) is 5.82 Å². The van der Waals surface area contributed by atoms with Crippen LogP contribution in [0.15, 0.2) is 44.4 Å². The number of methoxy groups -OCH3 is 1. The van der Waals surface area contributed by atoms with Gasteiger partial charge in [-0.3, -0.25) is 4.79 Å². The predicted molar refractivity (Wildman–Crippen MR) is 138 cm³/mol. The minimum absolute atomic E-state index is 0.134. The first-order valence-corrected chi connectivity index (χ1v) is 12.6. The molecule has 1 aliphatic heterocycles. The van der Waals surface area contributed by atoms with E-state index in [1.165, 1.54) is 45.2 Å². The molecule has 4 rings (SSSR count). The lowest BCUT2D eigenvalue weighted by Gasteiger charge is -2.29. The van der Waals surface area contributed by atoms with Crippen molar-refractivity contribution in [3.63, 3.8) is 0 Å². The predicted octanol–water partition coefficient (Wildman–Crippen LogP) is 3.90. The van der Waals surface area contributed by atoms with E-state index >= 15 is 0 Å². The zero-order valence-corrected chi connectivity index (χ0v) is 22.3. The summed E-state index contributed by atoms with van der Waals surface area (Å²) in [5.74, 6) is -1.34. The van der Waals surface area contributed by atoms with Gasteiger partial charge in [-0.05, 0) is 62.6 Å². The van der Waals surface area contributed by atoms with Gasteiger partial charge in [0.25, 0.3) is 5.56 Å². The first-order chi connectivity index (χ1) is 17.5. The van der Waals surface area contributed by atoms with Gasteiger partial charge in [-0.15, -0.1) is 0 Å². The number of H-pyrrole nitrogens is 1. The third-order valence-electron chi connectivity index (χ3n) is 6.60. The molecule has 9 nitrogen and oxygen atoms in total. The van der Waals surface area contributed by atoms with Crippen LogP contribution < -0.4 is 16.0 Å². The summed E-state index contributed by atoms with van der Waals surface area (Å²) in [4.78, 5) is 40.8. The van der Waals surface area contributed by atoms with Crippen molar-refractivity contribution in [2.75, 3.05) is 20.3 Å². The molecule has 0 aliphatic carbocycles. The van der Waals surface area contributed by atoms with E-state index in [4.69, 9.17) is 14.2 Å². The number of hydrogen-bond acceptors (Lipinski definition) is 6. The average Bonchev–Trinajstić information content (AvgIpc) is 2.84. The Morgan fingerprint density at radius 2 is 1.97 bits per heavy atom. The summed E-state index contributed by atoms with van der Waals surface area (Å²) >= 11 is 3.43. The molecule has 0 amide bonds. The molecule has 11 heteroatoms. The van der Waals surface area contributed by atoms with Crippen molar-refractivity contribution in [2.45, 2.75) is 50.9 Å². The summed E-state index contributed by atoms with van der Waals surface area (Å²) in [7, 11) is 1.49. The molecule has 1 aliphatic rings. The number of aliphatic carboxylic acids is 1. The third kappa shape index (κ3) is 5.48. The highest BCUT2D eigenvalue weighted by atomic mass is 79.9. The number of aromatic amines is 1. The van der Waals surface area contributed by atoms with Crippen LogP contribution in [0.5, 0.6) is 5.75 Å². The van der Waals surface area contributed by atoms with Crippen LogP contribution in [0.2, 0.25) is 0 Å². The van der Waals surface area contributed by atoms with Crippen molar-refractivity contribution >= 4 is 32.8 Å². The van der Waals surface area contributed by atoms with Gasteiger partial charge in [0.2, 0.25) is 0 Å². The molecule has 1 fully saturated rings. The van der Waals surface area contributed by atoms with Crippen LogP contribution in [0.3, 0.4) is 0 Å². The Labute approximate surface area is 220 Å². The van der Waals surface area contributed by atoms with E-state index in [1.54, 1.807) is 6.07 Å². The Morgan fingerprint density at radius 1 is 1.27 bits per heavy atom. The molecule has 1 aromatic heterocycles. The van der Waals surface area contributed by atoms with Crippen molar-refractivity contribution < 1.29 is 28.5 Å². The molecule has 1 saturated heterocycles. The van der Waals surface area contributed by atoms with Gasteiger partial charge >= 0.3 is 11.7 Å². The maximum atomic E-state index is 14.3. The van der Waals surface area contributed by atoms with Gasteiger partial charge in [-0.1, -0.05) is 15.9 Å². The Morgan fingerprint density at radius 3 is 2.62 bits per heavy atom. The number of nitrogens with one attached hydrogen (secondary N) is 1. The topological polar surface area (TPSA) is 120 Å². The second kappa shape index (κ2) is 10.8. The molecule has 1 atom stereocenters. The molecule has 2 heterocycles. The number of nitrogens with zero attached hydrogens (tertiary/aromatic N) is 1. The van der Waals surface area contributed by atoms with Crippen LogP contribution in [0.1, 0.15) is 43.9 Å². The minimum Gasteiger partial charge on any atom is -0.496 e. The number of benzene rings is 2. The van der Waals surface area contributed by atoms with Gasteiger partial charge in [0.15, 0.2) is 0 Å². The maximum Gasteiger partial charge on any atom is 0.329 e. The minimum atomic E-state index is -1.77. The third-order valence-corrected chi connectivity index (χ3v) is 7.06. The standard InChI is InChI=1S/C26H28BrFN2O7/c1-26(2,24(32)33)30-23(31)19-12-15(27)10-14(22(19)29-25(30)34)11-21(37-17-6-8-36-9-7-17)18-13-16(28)4-5-20(18)35-3/h4-5,10,12-13,17,21H,6-9,11H2,1-3H3,(H,29,34)(H,32,33)/t21-/m1/s1. The lowest BCUT2D eigenvalue weighted by atomic mass is 9.97. The zero-order valence-electron chi connectivity index (χ0n) is 20.7. The van der Waals surface area contributed by atoms with Gasteiger partial charge in [-0.25, -0.2) is 18.5 Å². The monoisotopic (exact) mass is 578 g/mol. The van der Waals surface area contributed by atoms with Gasteiger partial charge < -0.3 is 24.3 Å². The zero-order chi connectivity index (χ0) is 26.9. The van der Waals surface area contributed by atoms with E-state index in [2.05, 4.69) is 20.9 Å². The van der Waals surface area contributed by atoms with E-state index < -0.39 is 34.7 Å². The molecule has 0 unspecified atom stereocenters. The molecule has 198 valence electrons. The summed E-state index contributed by atoms with van der Waals surface area (Å²) in [6.07, 6.45) is 0.693. The molecule has 0 radical (unpaired) electrons. The quantitative estimate of drug-likeness (QED) is 0.416. The summed E-state index contributed by atoms with van der Waals surface area (Å²) in [6, 6.07) is 7.46. The van der Waals surface area contributed by atoms with Crippen molar-refractivity contribution in [3.05, 3.63) is 72.6 Å². The van der Waals surface area contributed by atoms with Gasteiger partial charge in [0, 0.05) is 29.7 Å². The highest BCUT2D eigenvalue weighted by Gasteiger charge is 2.34. The Balaban J connectivity index is 1.87. The fourth-order valence-corrected chi connectivity index (χ4v) is 5.06. The fourth-order valence-electron chi connectivity index (χ4n) is 4.55. The van der Waals surface area contributed by atoms with Crippen LogP contribution >= 0.6 is 15.9 Å². The number of halogens is 2. The van der Waals surface area contributed by atoms with Crippen LogP contribution in [-0.2, 0) is 26.2 Å². The van der Waals surface area contributed by atoms with Crippen LogP contribution in [-0.4, -0.2) is 47.1 Å². The second-order valence-corrected chi connectivity index (χ2v) is 10.4. The van der Waals surface area contributed by atoms with E-state index in [0.717, 1.165) is 0 Å². The lowest BCUT2D eigenvalue weighted by molar-refractivity contribution is -0.146. The summed E-state index contributed by atoms with van der Waals surface area (Å²) in [5, 5.41) is 9.74. The highest BCUT2D eigenvalue weighted by molar-refractivity contribution is 9.10. The Bertz CT molecular complexity index is 1440. The smallest absolute Gasteiger partial charge is 0.329 e. The first-order valence-electron chi connectivity index (χ1n) is 11.8. The molecular formula is C26H28BrFN2O7. The van der Waals surface area contributed by atoms with E-state index in [1.807, 2.05) is 0 Å². The Kier molecular flexibility index (Phi) is 7.86. The molecule has 2 N–H and O–H groups in total. The SMILES string of the molecule is COc1ccc(F)cc1[C@@H](Cc1cc(Br)cc2c(=O)n(C(C)(C)C(=O)O)c(=O)[nH]c12)OC1CCOCC1. The van der Waals surface area contributed by atoms with Crippen molar-refractivity contribution in [1.29, 1.82) is 0 Å². The largest absolute Gasteiger partial charge is 0.496 e. The van der Waals surface area contributed by atoms with Gasteiger partial charge in [-0.2, -0.15) is 0 Å². The van der Waals surface area contributed by atoms with Gasteiger partial charge in [0.05, 0.1) is 30.2 Å². The number of aromatic nitrogens is 2. The summed E-state index contributed by atoms with van der Waals surface area (Å²) < 4.78 is 32.9. The number of carboxylic acid groups (broad SMARTS) is 1. The first kappa shape index (κ1) is 27.0. The van der Waals surface area contributed by atoms with Crippen molar-refractivity contribution in [2.24, 2.45) is 0 Å². The molecule has 3 aromatic rings. The van der Waals surface area contributed by atoms with Gasteiger partial charge in [0.1, 0.15) is 17.1 Å². The van der Waals surface area contributed by atoms with Crippen LogP contribution in [0.4, 0.5) is 4.39 Å². The average molecular weight is 579 g/mol. The number of ether oxygens (including phenoxy) is 3. The molecule has 0 bridgehead atoms. The Hall–Kier alpha value is -3.02. The molecular weight excluding hydrogens is 551 g/mol. The molecule has 2 aromatic carbocycles. The summed E-state index contributed by atoms with van der Waals surface area (Å²) in [5.41, 5.74) is -2.05. The number of carbonyl (C=O) groups is 1. The lowest BCUT2D eigenvalue weighted by Crippen LogP contribution is -2.50. The number of carboxylic acids is 1. The van der Waals surface area contributed by atoms with E-state index in [0.29, 0.717) is 52.0 Å². The number of fused-ring (bicyclic) bond motifs is 1. The molecule has 0 saturated carbocycles. The highest BCUT2D eigenvalue weighted by Crippen LogP contribution is 2.35. The van der Waals surface area contributed by atoms with E-state index in [9.17, 15) is 23.9 Å².